The van der Waals surface area contributed by atoms with Crippen LogP contribution in [0, 0.1) is 0 Å². The van der Waals surface area contributed by atoms with Crippen LogP contribution in [-0.2, 0) is 11.2 Å². The van der Waals surface area contributed by atoms with E-state index < -0.39 is 6.10 Å². The monoisotopic (exact) mass is 363 g/mol. The first-order valence-corrected chi connectivity index (χ1v) is 9.35. The van der Waals surface area contributed by atoms with E-state index in [9.17, 15) is 9.90 Å². The molecule has 0 heterocycles. The second kappa shape index (κ2) is 8.56. The zero-order valence-electron chi connectivity index (χ0n) is 14.1. The number of hydrogen-bond donors (Lipinski definition) is 1. The van der Waals surface area contributed by atoms with Gasteiger partial charge in [-0.15, -0.1) is 11.8 Å². The molecule has 24 heavy (non-hydrogen) atoms. The number of carbonyl (C=O) groups is 1. The van der Waals surface area contributed by atoms with Crippen LogP contribution in [0.3, 0.4) is 0 Å². The Labute approximate surface area is 152 Å². The maximum absolute atomic E-state index is 12.5. The molecule has 0 aromatic heterocycles. The minimum atomic E-state index is -0.720. The number of aliphatic hydroxyl groups excluding tert-OH is 1. The maximum Gasteiger partial charge on any atom is 0.227 e. The van der Waals surface area contributed by atoms with E-state index in [1.807, 2.05) is 61.7 Å². The Kier molecular flexibility index (Phi) is 6.72. The summed E-state index contributed by atoms with van der Waals surface area (Å²) in [6.07, 6.45) is 1.51. The molecule has 0 unspecified atom stereocenters. The van der Waals surface area contributed by atoms with Crippen molar-refractivity contribution in [1.29, 1.82) is 0 Å². The lowest BCUT2D eigenvalue weighted by atomic mass is 10.0. The van der Waals surface area contributed by atoms with Crippen LogP contribution in [-0.4, -0.2) is 35.3 Å². The van der Waals surface area contributed by atoms with Gasteiger partial charge in [0.25, 0.3) is 0 Å². The Hall–Kier alpha value is -1.49. The van der Waals surface area contributed by atoms with Gasteiger partial charge in [0.05, 0.1) is 23.6 Å². The number of benzene rings is 2. The first-order chi connectivity index (χ1) is 11.4. The minimum absolute atomic E-state index is 0.0505. The van der Waals surface area contributed by atoms with E-state index >= 15 is 0 Å². The molecule has 0 radical (unpaired) electrons. The van der Waals surface area contributed by atoms with Crippen LogP contribution >= 0.6 is 23.4 Å². The number of aliphatic hydroxyl groups is 1. The largest absolute Gasteiger partial charge is 0.386 e. The molecule has 0 aliphatic rings. The predicted octanol–water partition coefficient (Wildman–Crippen LogP) is 4.18. The quantitative estimate of drug-likeness (QED) is 0.782. The van der Waals surface area contributed by atoms with Gasteiger partial charge in [-0.05, 0) is 36.4 Å². The van der Waals surface area contributed by atoms with Crippen molar-refractivity contribution in [3.8, 4) is 0 Å². The van der Waals surface area contributed by atoms with Crippen LogP contribution < -0.4 is 0 Å². The second-order valence-corrected chi connectivity index (χ2v) is 7.00. The summed E-state index contributed by atoms with van der Waals surface area (Å²) in [4.78, 5) is 15.1. The highest BCUT2D eigenvalue weighted by Crippen LogP contribution is 2.26. The lowest BCUT2D eigenvalue weighted by molar-refractivity contribution is -0.133. The lowest BCUT2D eigenvalue weighted by Gasteiger charge is -2.29. The molecule has 128 valence electrons. The van der Waals surface area contributed by atoms with Crippen molar-refractivity contribution in [3.05, 3.63) is 64.7 Å². The van der Waals surface area contributed by atoms with Gasteiger partial charge in [0.1, 0.15) is 0 Å². The van der Waals surface area contributed by atoms with Crippen molar-refractivity contribution in [2.75, 3.05) is 13.3 Å². The third-order valence-corrected chi connectivity index (χ3v) is 5.39. The van der Waals surface area contributed by atoms with Gasteiger partial charge >= 0.3 is 0 Å². The molecule has 0 spiro atoms. The fourth-order valence-corrected chi connectivity index (χ4v) is 3.38. The molecular formula is C19H22ClNO2S. The normalized spacial score (nSPS) is 13.4. The maximum atomic E-state index is 12.5. The summed E-state index contributed by atoms with van der Waals surface area (Å²) in [6, 6.07) is 14.7. The van der Waals surface area contributed by atoms with Crippen LogP contribution in [0.4, 0.5) is 0 Å². The highest BCUT2D eigenvalue weighted by molar-refractivity contribution is 7.98. The number of likely N-dealkylation sites (N-methyl/N-ethyl adjacent to an activating group) is 1. The summed E-state index contributed by atoms with van der Waals surface area (Å²) >= 11 is 7.78. The van der Waals surface area contributed by atoms with Gasteiger partial charge in [-0.2, -0.15) is 0 Å². The molecule has 2 aromatic rings. The molecule has 3 nitrogen and oxygen atoms in total. The molecule has 0 bridgehead atoms. The standard InChI is InChI=1S/C19H22ClNO2S/c1-13(19(23)15-7-5-4-6-8-15)21(2)18(22)12-14-9-10-17(24-3)16(20)11-14/h4-11,13,19,23H,12H2,1-3H3/t13-,19-/m1/s1. The van der Waals surface area contributed by atoms with Gasteiger partial charge in [-0.3, -0.25) is 4.79 Å². The van der Waals surface area contributed by atoms with E-state index in [1.54, 1.807) is 23.7 Å². The Morgan fingerprint density at radius 2 is 1.92 bits per heavy atom. The zero-order chi connectivity index (χ0) is 17.7. The SMILES string of the molecule is CSc1ccc(CC(=O)N(C)[C@H](C)[C@@H](O)c2ccccc2)cc1Cl. The highest BCUT2D eigenvalue weighted by atomic mass is 35.5. The zero-order valence-corrected chi connectivity index (χ0v) is 15.6. The van der Waals surface area contributed by atoms with E-state index in [4.69, 9.17) is 11.6 Å². The van der Waals surface area contributed by atoms with Crippen molar-refractivity contribution in [2.24, 2.45) is 0 Å². The fraction of sp³-hybridized carbons (Fsp3) is 0.316. The Balaban J connectivity index is 2.04. The van der Waals surface area contributed by atoms with Gasteiger partial charge < -0.3 is 10.0 Å². The van der Waals surface area contributed by atoms with Crippen molar-refractivity contribution in [3.63, 3.8) is 0 Å². The van der Waals surface area contributed by atoms with Gasteiger partial charge in [0.15, 0.2) is 0 Å². The first-order valence-electron chi connectivity index (χ1n) is 7.75. The molecule has 5 heteroatoms. The predicted molar refractivity (Wildman–Crippen MR) is 101 cm³/mol. The molecule has 0 saturated carbocycles. The molecule has 0 saturated heterocycles. The van der Waals surface area contributed by atoms with E-state index in [2.05, 4.69) is 0 Å². The highest BCUT2D eigenvalue weighted by Gasteiger charge is 2.24. The number of amides is 1. The number of carbonyl (C=O) groups excluding carboxylic acids is 1. The average molecular weight is 364 g/mol. The third kappa shape index (κ3) is 4.53. The number of hydrogen-bond acceptors (Lipinski definition) is 3. The smallest absolute Gasteiger partial charge is 0.227 e. The van der Waals surface area contributed by atoms with Crippen LogP contribution in [0.5, 0.6) is 0 Å². The van der Waals surface area contributed by atoms with E-state index in [1.165, 1.54) is 0 Å². The molecule has 0 fully saturated rings. The molecule has 0 aliphatic carbocycles. The molecular weight excluding hydrogens is 342 g/mol. The van der Waals surface area contributed by atoms with E-state index in [0.29, 0.717) is 5.02 Å². The van der Waals surface area contributed by atoms with E-state index in [-0.39, 0.29) is 18.4 Å². The molecule has 0 aliphatic heterocycles. The summed E-state index contributed by atoms with van der Waals surface area (Å²) in [5.41, 5.74) is 1.67. The number of nitrogens with zero attached hydrogens (tertiary/aromatic N) is 1. The number of rotatable bonds is 6. The van der Waals surface area contributed by atoms with Crippen molar-refractivity contribution in [2.45, 2.75) is 30.4 Å². The Morgan fingerprint density at radius 1 is 1.25 bits per heavy atom. The summed E-state index contributed by atoms with van der Waals surface area (Å²) in [5, 5.41) is 11.1. The summed E-state index contributed by atoms with van der Waals surface area (Å²) < 4.78 is 0. The summed E-state index contributed by atoms with van der Waals surface area (Å²) in [5.74, 6) is -0.0505. The summed E-state index contributed by atoms with van der Waals surface area (Å²) in [7, 11) is 1.72. The average Bonchev–Trinajstić information content (AvgIpc) is 2.60. The fourth-order valence-electron chi connectivity index (χ4n) is 2.49. The lowest BCUT2D eigenvalue weighted by Crippen LogP contribution is -2.39. The van der Waals surface area contributed by atoms with Crippen LogP contribution in [0.15, 0.2) is 53.4 Å². The number of thioether (sulfide) groups is 1. The van der Waals surface area contributed by atoms with E-state index in [0.717, 1.165) is 16.0 Å². The summed E-state index contributed by atoms with van der Waals surface area (Å²) in [6.45, 7) is 1.85. The van der Waals surface area contributed by atoms with Crippen LogP contribution in [0.25, 0.3) is 0 Å². The van der Waals surface area contributed by atoms with Crippen LogP contribution in [0.1, 0.15) is 24.2 Å². The van der Waals surface area contributed by atoms with Crippen LogP contribution in [0.2, 0.25) is 5.02 Å². The Morgan fingerprint density at radius 3 is 2.50 bits per heavy atom. The van der Waals surface area contributed by atoms with Gasteiger partial charge in [0.2, 0.25) is 5.91 Å². The van der Waals surface area contributed by atoms with Crippen molar-refractivity contribution >= 4 is 29.3 Å². The van der Waals surface area contributed by atoms with Crippen molar-refractivity contribution < 1.29 is 9.90 Å². The van der Waals surface area contributed by atoms with Gasteiger partial charge in [0, 0.05) is 11.9 Å². The molecule has 1 amide bonds. The first kappa shape index (κ1) is 18.8. The molecule has 2 atom stereocenters. The molecule has 1 N–H and O–H groups in total. The van der Waals surface area contributed by atoms with Gasteiger partial charge in [-0.25, -0.2) is 0 Å². The topological polar surface area (TPSA) is 40.5 Å². The van der Waals surface area contributed by atoms with Crippen molar-refractivity contribution in [1.82, 2.24) is 4.90 Å². The number of halogens is 1. The Bertz CT molecular complexity index is 693. The molecule has 2 aromatic carbocycles. The molecule has 2 rings (SSSR count). The third-order valence-electron chi connectivity index (χ3n) is 4.17. The van der Waals surface area contributed by atoms with Gasteiger partial charge in [-0.1, -0.05) is 48.0 Å². The minimum Gasteiger partial charge on any atom is -0.386 e. The second-order valence-electron chi connectivity index (χ2n) is 5.75.